The van der Waals surface area contributed by atoms with Gasteiger partial charge in [-0.15, -0.1) is 0 Å². The van der Waals surface area contributed by atoms with Gasteiger partial charge in [-0.2, -0.15) is 11.3 Å². The molecule has 0 aliphatic carbocycles. The second-order valence-electron chi connectivity index (χ2n) is 5.68. The maximum absolute atomic E-state index is 12.4. The van der Waals surface area contributed by atoms with Crippen molar-refractivity contribution in [2.75, 3.05) is 26.2 Å². The summed E-state index contributed by atoms with van der Waals surface area (Å²) in [5, 5.41) is 3.87. The average molecular weight is 319 g/mol. The first kappa shape index (κ1) is 15.2. The molecule has 22 heavy (non-hydrogen) atoms. The molecule has 0 aromatic carbocycles. The van der Waals surface area contributed by atoms with E-state index in [0.717, 1.165) is 62.1 Å². The fraction of sp³-hybridized carbons (Fsp3) is 0.500. The van der Waals surface area contributed by atoms with Gasteiger partial charge in [-0.05, 0) is 31.7 Å². The van der Waals surface area contributed by atoms with Crippen molar-refractivity contribution in [2.45, 2.75) is 26.8 Å². The van der Waals surface area contributed by atoms with Crippen LogP contribution in [0.25, 0.3) is 0 Å². The first-order chi connectivity index (χ1) is 10.6. The molecule has 1 saturated heterocycles. The zero-order chi connectivity index (χ0) is 15.5. The van der Waals surface area contributed by atoms with Crippen molar-refractivity contribution >= 4 is 17.2 Å². The van der Waals surface area contributed by atoms with Crippen molar-refractivity contribution in [3.05, 3.63) is 39.7 Å². The average Bonchev–Trinajstić information content (AvgIpc) is 3.06. The number of rotatable bonds is 3. The highest BCUT2D eigenvalue weighted by Crippen LogP contribution is 2.15. The highest BCUT2D eigenvalue weighted by molar-refractivity contribution is 7.08. The summed E-state index contributed by atoms with van der Waals surface area (Å²) < 4.78 is 5.66. The summed E-state index contributed by atoms with van der Waals surface area (Å²) in [4.78, 5) is 21.1. The largest absolute Gasteiger partial charge is 0.444 e. The number of nitrogens with zero attached hydrogens (tertiary/aromatic N) is 3. The summed E-state index contributed by atoms with van der Waals surface area (Å²) in [5.74, 6) is 1.80. The number of aromatic nitrogens is 1. The second kappa shape index (κ2) is 6.62. The molecule has 0 N–H and O–H groups in total. The molecule has 5 nitrogen and oxygen atoms in total. The van der Waals surface area contributed by atoms with Gasteiger partial charge in [0.2, 0.25) is 5.89 Å². The topological polar surface area (TPSA) is 49.6 Å². The molecule has 0 atom stereocenters. The van der Waals surface area contributed by atoms with Crippen LogP contribution in [0.2, 0.25) is 0 Å². The maximum Gasteiger partial charge on any atom is 0.254 e. The van der Waals surface area contributed by atoms with Crippen LogP contribution in [-0.4, -0.2) is 46.9 Å². The Morgan fingerprint density at radius 2 is 2.18 bits per heavy atom. The zero-order valence-electron chi connectivity index (χ0n) is 13.0. The summed E-state index contributed by atoms with van der Waals surface area (Å²) in [6.07, 6.45) is 0.981. The van der Waals surface area contributed by atoms with Gasteiger partial charge >= 0.3 is 0 Å². The SMILES string of the molecule is Cc1nc(CN2CCCN(C(=O)c3ccsc3)CC2)oc1C. The quantitative estimate of drug-likeness (QED) is 0.873. The maximum atomic E-state index is 12.4. The predicted molar refractivity (Wildman–Crippen MR) is 86.1 cm³/mol. The second-order valence-corrected chi connectivity index (χ2v) is 6.46. The minimum Gasteiger partial charge on any atom is -0.444 e. The van der Waals surface area contributed by atoms with E-state index >= 15 is 0 Å². The molecule has 0 unspecified atom stereocenters. The summed E-state index contributed by atoms with van der Waals surface area (Å²) in [6, 6.07) is 1.90. The number of hydrogen-bond donors (Lipinski definition) is 0. The van der Waals surface area contributed by atoms with Crippen LogP contribution < -0.4 is 0 Å². The molecule has 3 heterocycles. The third kappa shape index (κ3) is 3.39. The van der Waals surface area contributed by atoms with Gasteiger partial charge in [-0.3, -0.25) is 9.69 Å². The summed E-state index contributed by atoms with van der Waals surface area (Å²) in [6.45, 7) is 8.02. The Hall–Kier alpha value is -1.66. The Morgan fingerprint density at radius 3 is 2.86 bits per heavy atom. The highest BCUT2D eigenvalue weighted by Gasteiger charge is 2.21. The van der Waals surface area contributed by atoms with E-state index in [0.29, 0.717) is 0 Å². The van der Waals surface area contributed by atoms with E-state index in [-0.39, 0.29) is 5.91 Å². The van der Waals surface area contributed by atoms with Crippen molar-refractivity contribution in [2.24, 2.45) is 0 Å². The van der Waals surface area contributed by atoms with Crippen molar-refractivity contribution in [3.8, 4) is 0 Å². The fourth-order valence-electron chi connectivity index (χ4n) is 2.70. The lowest BCUT2D eigenvalue weighted by Gasteiger charge is -2.20. The molecule has 6 heteroatoms. The first-order valence-electron chi connectivity index (χ1n) is 7.60. The Kier molecular flexibility index (Phi) is 4.59. The Morgan fingerprint density at radius 1 is 1.32 bits per heavy atom. The van der Waals surface area contributed by atoms with E-state index in [4.69, 9.17) is 4.42 Å². The molecule has 2 aromatic rings. The number of carbonyl (C=O) groups excluding carboxylic acids is 1. The molecule has 0 spiro atoms. The van der Waals surface area contributed by atoms with Crippen LogP contribution in [0, 0.1) is 13.8 Å². The molecule has 1 amide bonds. The van der Waals surface area contributed by atoms with E-state index in [1.807, 2.05) is 35.6 Å². The van der Waals surface area contributed by atoms with Crippen molar-refractivity contribution in [1.29, 1.82) is 0 Å². The molecule has 0 radical (unpaired) electrons. The monoisotopic (exact) mass is 319 g/mol. The lowest BCUT2D eigenvalue weighted by atomic mass is 10.3. The molecule has 1 aliphatic rings. The number of aryl methyl sites for hydroxylation is 2. The molecule has 0 bridgehead atoms. The van der Waals surface area contributed by atoms with Crippen LogP contribution in [0.1, 0.15) is 34.1 Å². The van der Waals surface area contributed by atoms with E-state index in [1.54, 1.807) is 11.3 Å². The molecule has 0 saturated carbocycles. The van der Waals surface area contributed by atoms with Gasteiger partial charge in [0.05, 0.1) is 17.8 Å². The normalized spacial score (nSPS) is 16.7. The molecule has 2 aromatic heterocycles. The third-order valence-electron chi connectivity index (χ3n) is 4.08. The number of amides is 1. The highest BCUT2D eigenvalue weighted by atomic mass is 32.1. The number of carbonyl (C=O) groups is 1. The van der Waals surface area contributed by atoms with E-state index in [9.17, 15) is 4.79 Å². The molecule has 118 valence electrons. The smallest absolute Gasteiger partial charge is 0.254 e. The predicted octanol–water partition coefficient (Wildman–Crippen LogP) is 2.70. The van der Waals surface area contributed by atoms with Gasteiger partial charge in [-0.1, -0.05) is 0 Å². The number of hydrogen-bond acceptors (Lipinski definition) is 5. The van der Waals surface area contributed by atoms with Crippen LogP contribution >= 0.6 is 11.3 Å². The lowest BCUT2D eigenvalue weighted by Crippen LogP contribution is -2.34. The van der Waals surface area contributed by atoms with Gasteiger partial charge in [0.15, 0.2) is 0 Å². The minimum absolute atomic E-state index is 0.144. The number of oxazole rings is 1. The van der Waals surface area contributed by atoms with Gasteiger partial charge < -0.3 is 9.32 Å². The van der Waals surface area contributed by atoms with Crippen LogP contribution in [-0.2, 0) is 6.54 Å². The third-order valence-corrected chi connectivity index (χ3v) is 4.76. The van der Waals surface area contributed by atoms with Crippen LogP contribution in [0.5, 0.6) is 0 Å². The summed E-state index contributed by atoms with van der Waals surface area (Å²) >= 11 is 1.56. The summed E-state index contributed by atoms with van der Waals surface area (Å²) in [7, 11) is 0. The van der Waals surface area contributed by atoms with Gasteiger partial charge in [0.25, 0.3) is 5.91 Å². The van der Waals surface area contributed by atoms with Crippen LogP contribution in [0.3, 0.4) is 0 Å². The van der Waals surface area contributed by atoms with E-state index < -0.39 is 0 Å². The fourth-order valence-corrected chi connectivity index (χ4v) is 3.33. The van der Waals surface area contributed by atoms with Gasteiger partial charge in [0.1, 0.15) is 5.76 Å². The Bertz CT molecular complexity index is 616. The lowest BCUT2D eigenvalue weighted by molar-refractivity contribution is 0.0761. The van der Waals surface area contributed by atoms with Gasteiger partial charge in [-0.25, -0.2) is 4.98 Å². The van der Waals surface area contributed by atoms with Crippen molar-refractivity contribution in [3.63, 3.8) is 0 Å². The van der Waals surface area contributed by atoms with Crippen LogP contribution in [0.4, 0.5) is 0 Å². The van der Waals surface area contributed by atoms with E-state index in [2.05, 4.69) is 9.88 Å². The summed E-state index contributed by atoms with van der Waals surface area (Å²) in [5.41, 5.74) is 1.76. The molecular formula is C16H21N3O2S. The molecular weight excluding hydrogens is 298 g/mol. The first-order valence-corrected chi connectivity index (χ1v) is 8.54. The Balaban J connectivity index is 1.59. The van der Waals surface area contributed by atoms with Crippen molar-refractivity contribution < 1.29 is 9.21 Å². The zero-order valence-corrected chi connectivity index (χ0v) is 13.9. The minimum atomic E-state index is 0.144. The van der Waals surface area contributed by atoms with Crippen LogP contribution in [0.15, 0.2) is 21.2 Å². The van der Waals surface area contributed by atoms with Crippen molar-refractivity contribution in [1.82, 2.24) is 14.8 Å². The van der Waals surface area contributed by atoms with Gasteiger partial charge in [0, 0.05) is 31.6 Å². The molecule has 3 rings (SSSR count). The number of thiophene rings is 1. The van der Waals surface area contributed by atoms with E-state index in [1.165, 1.54) is 0 Å². The molecule has 1 fully saturated rings. The standard InChI is InChI=1S/C16H21N3O2S/c1-12-13(2)21-15(17-12)10-18-5-3-6-19(8-7-18)16(20)14-4-9-22-11-14/h4,9,11H,3,5-8,10H2,1-2H3. The molecule has 1 aliphatic heterocycles. The Labute approximate surface area is 134 Å².